The van der Waals surface area contributed by atoms with Crippen molar-refractivity contribution in [2.75, 3.05) is 7.11 Å². The Morgan fingerprint density at radius 1 is 1.17 bits per heavy atom. The van der Waals surface area contributed by atoms with Gasteiger partial charge < -0.3 is 10.1 Å². The summed E-state index contributed by atoms with van der Waals surface area (Å²) in [6.45, 7) is 1.46. The molecule has 0 radical (unpaired) electrons. The highest BCUT2D eigenvalue weighted by Gasteiger charge is 2.32. The van der Waals surface area contributed by atoms with Gasteiger partial charge in [0.25, 0.3) is 5.91 Å². The predicted octanol–water partition coefficient (Wildman–Crippen LogP) is 3.46. The van der Waals surface area contributed by atoms with Crippen LogP contribution in [-0.4, -0.2) is 32.8 Å². The van der Waals surface area contributed by atoms with Crippen molar-refractivity contribution in [3.63, 3.8) is 0 Å². The molecule has 1 atom stereocenters. The average Bonchev–Trinajstić information content (AvgIpc) is 3.16. The molecule has 0 spiro atoms. The molecule has 7 nitrogen and oxygen atoms in total. The first-order valence-corrected chi connectivity index (χ1v) is 8.38. The lowest BCUT2D eigenvalue weighted by atomic mass is 10.1. The van der Waals surface area contributed by atoms with Gasteiger partial charge in [0.05, 0.1) is 24.9 Å². The maximum Gasteiger partial charge on any atom is 0.416 e. The van der Waals surface area contributed by atoms with E-state index in [4.69, 9.17) is 4.74 Å². The summed E-state index contributed by atoms with van der Waals surface area (Å²) >= 11 is 0. The van der Waals surface area contributed by atoms with Gasteiger partial charge in [-0.05, 0) is 25.1 Å². The van der Waals surface area contributed by atoms with E-state index in [-0.39, 0.29) is 23.0 Å². The van der Waals surface area contributed by atoms with Gasteiger partial charge in [0.1, 0.15) is 17.9 Å². The van der Waals surface area contributed by atoms with Crippen LogP contribution in [0.25, 0.3) is 5.82 Å². The predicted molar refractivity (Wildman–Crippen MR) is 92.9 cm³/mol. The van der Waals surface area contributed by atoms with Crippen molar-refractivity contribution < 1.29 is 31.5 Å². The van der Waals surface area contributed by atoms with E-state index in [9.17, 15) is 26.7 Å². The number of aromatic nitrogens is 4. The van der Waals surface area contributed by atoms with Gasteiger partial charge in [-0.3, -0.25) is 4.79 Å². The van der Waals surface area contributed by atoms with Crippen molar-refractivity contribution >= 4 is 5.91 Å². The molecule has 0 aliphatic heterocycles. The molecule has 1 aromatic carbocycles. The molecule has 158 valence electrons. The number of nitrogens with zero attached hydrogens (tertiary/aromatic N) is 4. The zero-order chi connectivity index (χ0) is 22.1. The zero-order valence-corrected chi connectivity index (χ0v) is 15.5. The van der Waals surface area contributed by atoms with Crippen LogP contribution in [0.1, 0.15) is 34.7 Å². The molecule has 12 heteroatoms. The van der Waals surface area contributed by atoms with Crippen LogP contribution in [0.4, 0.5) is 22.0 Å². The highest BCUT2D eigenvalue weighted by atomic mass is 19.4. The molecule has 0 unspecified atom stereocenters. The third-order valence-corrected chi connectivity index (χ3v) is 4.03. The van der Waals surface area contributed by atoms with E-state index in [0.717, 1.165) is 29.3 Å². The molecular weight excluding hydrogens is 413 g/mol. The Labute approximate surface area is 166 Å². The molecule has 0 fully saturated rings. The van der Waals surface area contributed by atoms with Gasteiger partial charge in [0.2, 0.25) is 0 Å². The van der Waals surface area contributed by atoms with Crippen molar-refractivity contribution in [1.82, 2.24) is 25.1 Å². The molecule has 30 heavy (non-hydrogen) atoms. The van der Waals surface area contributed by atoms with Crippen molar-refractivity contribution in [3.05, 3.63) is 65.4 Å². The Hall–Kier alpha value is -3.57. The number of alkyl halides is 3. The molecule has 3 aromatic rings. The number of pyridine rings is 1. The number of halogens is 5. The van der Waals surface area contributed by atoms with Gasteiger partial charge in [-0.25, -0.2) is 18.7 Å². The van der Waals surface area contributed by atoms with Gasteiger partial charge in [-0.2, -0.15) is 23.0 Å². The number of amides is 1. The Morgan fingerprint density at radius 3 is 2.53 bits per heavy atom. The molecule has 0 saturated heterocycles. The summed E-state index contributed by atoms with van der Waals surface area (Å²) in [7, 11) is 1.17. The van der Waals surface area contributed by atoms with Crippen LogP contribution in [-0.2, 0) is 6.18 Å². The normalized spacial score (nSPS) is 12.5. The molecule has 0 aliphatic carbocycles. The SMILES string of the molecule is COc1cc(C(=O)N[C@@H](C)c2ncnn2-c2ncc(F)cc2F)cc(C(F)(F)F)c1. The first-order valence-electron chi connectivity index (χ1n) is 8.38. The summed E-state index contributed by atoms with van der Waals surface area (Å²) < 4.78 is 72.1. The number of hydrogen-bond acceptors (Lipinski definition) is 5. The monoisotopic (exact) mass is 427 g/mol. The fourth-order valence-electron chi connectivity index (χ4n) is 2.63. The summed E-state index contributed by atoms with van der Waals surface area (Å²) in [4.78, 5) is 20.1. The summed E-state index contributed by atoms with van der Waals surface area (Å²) in [5, 5.41) is 6.27. The van der Waals surface area contributed by atoms with E-state index in [1.54, 1.807) is 0 Å². The van der Waals surface area contributed by atoms with Crippen LogP contribution in [0.5, 0.6) is 5.75 Å². The first-order chi connectivity index (χ1) is 14.1. The van der Waals surface area contributed by atoms with Crippen LogP contribution >= 0.6 is 0 Å². The lowest BCUT2D eigenvalue weighted by Crippen LogP contribution is -2.29. The summed E-state index contributed by atoms with van der Waals surface area (Å²) in [5.74, 6) is -3.23. The fraction of sp³-hybridized carbons (Fsp3) is 0.222. The lowest BCUT2D eigenvalue weighted by Gasteiger charge is -2.16. The number of hydrogen-bond donors (Lipinski definition) is 1. The van der Waals surface area contributed by atoms with E-state index in [1.807, 2.05) is 0 Å². The van der Waals surface area contributed by atoms with Gasteiger partial charge >= 0.3 is 6.18 Å². The van der Waals surface area contributed by atoms with E-state index >= 15 is 0 Å². The molecule has 0 saturated carbocycles. The fourth-order valence-corrected chi connectivity index (χ4v) is 2.63. The third kappa shape index (κ3) is 4.36. The number of rotatable bonds is 5. The van der Waals surface area contributed by atoms with Gasteiger partial charge in [-0.15, -0.1) is 0 Å². The van der Waals surface area contributed by atoms with E-state index in [0.29, 0.717) is 12.1 Å². The number of methoxy groups -OCH3 is 1. The highest BCUT2D eigenvalue weighted by molar-refractivity contribution is 5.95. The van der Waals surface area contributed by atoms with Crippen LogP contribution in [0, 0.1) is 11.6 Å². The molecule has 1 N–H and O–H groups in total. The van der Waals surface area contributed by atoms with Gasteiger partial charge in [0.15, 0.2) is 17.5 Å². The molecule has 2 aromatic heterocycles. The topological polar surface area (TPSA) is 81.9 Å². The van der Waals surface area contributed by atoms with Crippen LogP contribution in [0.3, 0.4) is 0 Å². The Kier molecular flexibility index (Phi) is 5.67. The maximum atomic E-state index is 14.0. The third-order valence-electron chi connectivity index (χ3n) is 4.03. The number of benzene rings is 1. The second-order valence-electron chi connectivity index (χ2n) is 6.13. The quantitative estimate of drug-likeness (QED) is 0.631. The molecule has 0 bridgehead atoms. The Balaban J connectivity index is 1.88. The number of ether oxygens (including phenoxy) is 1. The average molecular weight is 427 g/mol. The van der Waals surface area contributed by atoms with Gasteiger partial charge in [-0.1, -0.05) is 0 Å². The van der Waals surface area contributed by atoms with Crippen molar-refractivity contribution in [1.29, 1.82) is 0 Å². The molecular formula is C18H14F5N5O2. The number of nitrogens with one attached hydrogen (secondary N) is 1. The maximum absolute atomic E-state index is 14.0. The zero-order valence-electron chi connectivity index (χ0n) is 15.5. The molecule has 1 amide bonds. The minimum Gasteiger partial charge on any atom is -0.497 e. The number of carbonyl (C=O) groups excluding carboxylic acids is 1. The largest absolute Gasteiger partial charge is 0.497 e. The van der Waals surface area contributed by atoms with Crippen LogP contribution in [0.15, 0.2) is 36.8 Å². The minimum atomic E-state index is -4.68. The van der Waals surface area contributed by atoms with Crippen LogP contribution < -0.4 is 10.1 Å². The summed E-state index contributed by atoms with van der Waals surface area (Å²) in [6, 6.07) is 2.28. The highest BCUT2D eigenvalue weighted by Crippen LogP contribution is 2.32. The summed E-state index contributed by atoms with van der Waals surface area (Å²) in [6.07, 6.45) is -2.83. The van der Waals surface area contributed by atoms with Crippen molar-refractivity contribution in [2.45, 2.75) is 19.1 Å². The standard InChI is InChI=1S/C18H14F5N5O2/c1-9(15-25-8-26-28(15)16-14(20)6-12(19)7-24-16)27-17(29)10-3-11(18(21,22)23)5-13(4-10)30-2/h3-9H,1-2H3,(H,27,29)/t9-/m0/s1. The van der Waals surface area contributed by atoms with E-state index in [2.05, 4.69) is 20.4 Å². The van der Waals surface area contributed by atoms with E-state index in [1.165, 1.54) is 14.0 Å². The smallest absolute Gasteiger partial charge is 0.416 e. The number of carbonyl (C=O) groups is 1. The van der Waals surface area contributed by atoms with Crippen molar-refractivity contribution in [3.8, 4) is 11.6 Å². The molecule has 2 heterocycles. The minimum absolute atomic E-state index is 0.0281. The second kappa shape index (κ2) is 8.05. The molecule has 0 aliphatic rings. The Morgan fingerprint density at radius 2 is 1.90 bits per heavy atom. The van der Waals surface area contributed by atoms with E-state index < -0.39 is 35.3 Å². The first kappa shape index (κ1) is 21.1. The van der Waals surface area contributed by atoms with Crippen LogP contribution in [0.2, 0.25) is 0 Å². The molecule has 3 rings (SSSR count). The lowest BCUT2D eigenvalue weighted by molar-refractivity contribution is -0.137. The van der Waals surface area contributed by atoms with Gasteiger partial charge in [0, 0.05) is 11.6 Å². The van der Waals surface area contributed by atoms with Crippen molar-refractivity contribution in [2.24, 2.45) is 0 Å². The second-order valence-corrected chi connectivity index (χ2v) is 6.13. The summed E-state index contributed by atoms with van der Waals surface area (Å²) in [5.41, 5.74) is -1.36. The Bertz CT molecular complexity index is 1080.